The van der Waals surface area contributed by atoms with Gasteiger partial charge in [-0.15, -0.1) is 11.3 Å². The molecule has 3 aromatic heterocycles. The van der Waals surface area contributed by atoms with Crippen molar-refractivity contribution in [2.24, 2.45) is 0 Å². The molecule has 0 saturated carbocycles. The number of hydrogen-bond acceptors (Lipinski definition) is 6. The molecule has 0 amide bonds. The van der Waals surface area contributed by atoms with Crippen LogP contribution in [0.25, 0.3) is 0 Å². The lowest BCUT2D eigenvalue weighted by Crippen LogP contribution is -2.36. The average Bonchev–Trinajstić information content (AvgIpc) is 3.37. The second-order valence-corrected chi connectivity index (χ2v) is 8.01. The van der Waals surface area contributed by atoms with E-state index in [1.54, 1.807) is 23.7 Å². The van der Waals surface area contributed by atoms with Crippen LogP contribution in [-0.2, 0) is 13.1 Å². The topological polar surface area (TPSA) is 59.7 Å². The molecule has 140 valence electrons. The van der Waals surface area contributed by atoms with Gasteiger partial charge >= 0.3 is 0 Å². The van der Waals surface area contributed by atoms with Crippen LogP contribution in [0.2, 0.25) is 0 Å². The quantitative estimate of drug-likeness (QED) is 0.534. The summed E-state index contributed by atoms with van der Waals surface area (Å²) in [4.78, 5) is 20.5. The SMILES string of the molecule is Cc1nc(Cn2ccnc2[C@H]2CN(c3ncccn3)Cc3ccccc32)cs1. The zero-order valence-electron chi connectivity index (χ0n) is 15.6. The van der Waals surface area contributed by atoms with Gasteiger partial charge in [0.25, 0.3) is 0 Å². The third-order valence-electron chi connectivity index (χ3n) is 5.09. The van der Waals surface area contributed by atoms with Gasteiger partial charge in [0.15, 0.2) is 0 Å². The second-order valence-electron chi connectivity index (χ2n) is 6.95. The number of aryl methyl sites for hydroxylation is 1. The number of rotatable bonds is 4. The van der Waals surface area contributed by atoms with Crippen molar-refractivity contribution in [2.45, 2.75) is 25.9 Å². The summed E-state index contributed by atoms with van der Waals surface area (Å²) >= 11 is 1.68. The number of imidazole rings is 1. The van der Waals surface area contributed by atoms with Crippen molar-refractivity contribution < 1.29 is 0 Å². The summed E-state index contributed by atoms with van der Waals surface area (Å²) in [6.45, 7) is 4.38. The van der Waals surface area contributed by atoms with Crippen LogP contribution in [0.1, 0.15) is 33.6 Å². The van der Waals surface area contributed by atoms with Crippen LogP contribution in [0.3, 0.4) is 0 Å². The second kappa shape index (κ2) is 7.16. The van der Waals surface area contributed by atoms with Crippen molar-refractivity contribution in [1.29, 1.82) is 0 Å². The summed E-state index contributed by atoms with van der Waals surface area (Å²) in [5.41, 5.74) is 3.70. The molecule has 5 rings (SSSR count). The van der Waals surface area contributed by atoms with Crippen LogP contribution in [0.4, 0.5) is 5.95 Å². The van der Waals surface area contributed by atoms with E-state index in [-0.39, 0.29) is 5.92 Å². The minimum absolute atomic E-state index is 0.156. The van der Waals surface area contributed by atoms with Crippen molar-refractivity contribution in [2.75, 3.05) is 11.4 Å². The monoisotopic (exact) mass is 388 g/mol. The first kappa shape index (κ1) is 17.1. The number of fused-ring (bicyclic) bond motifs is 1. The maximum absolute atomic E-state index is 4.74. The first-order valence-corrected chi connectivity index (χ1v) is 10.2. The Labute approximate surface area is 167 Å². The maximum Gasteiger partial charge on any atom is 0.225 e. The molecule has 1 aliphatic rings. The van der Waals surface area contributed by atoms with Gasteiger partial charge in [0.1, 0.15) is 5.82 Å². The number of aromatic nitrogens is 5. The fourth-order valence-corrected chi connectivity index (χ4v) is 4.46. The summed E-state index contributed by atoms with van der Waals surface area (Å²) in [6.07, 6.45) is 7.52. The molecule has 7 heteroatoms. The molecular formula is C21H20N6S. The predicted octanol–water partition coefficient (Wildman–Crippen LogP) is 3.64. The molecule has 4 aromatic rings. The van der Waals surface area contributed by atoms with E-state index in [9.17, 15) is 0 Å². The molecule has 0 aliphatic carbocycles. The van der Waals surface area contributed by atoms with E-state index in [1.165, 1.54) is 11.1 Å². The fourth-order valence-electron chi connectivity index (χ4n) is 3.85. The number of nitrogens with zero attached hydrogens (tertiary/aromatic N) is 6. The first-order valence-electron chi connectivity index (χ1n) is 9.30. The molecule has 6 nitrogen and oxygen atoms in total. The lowest BCUT2D eigenvalue weighted by Gasteiger charge is -2.34. The summed E-state index contributed by atoms with van der Waals surface area (Å²) in [6, 6.07) is 10.5. The lowest BCUT2D eigenvalue weighted by molar-refractivity contribution is 0.591. The summed E-state index contributed by atoms with van der Waals surface area (Å²) < 4.78 is 2.21. The van der Waals surface area contributed by atoms with Crippen LogP contribution >= 0.6 is 11.3 Å². The van der Waals surface area contributed by atoms with Gasteiger partial charge < -0.3 is 9.47 Å². The summed E-state index contributed by atoms with van der Waals surface area (Å²) in [5.74, 6) is 1.97. The largest absolute Gasteiger partial charge is 0.335 e. The zero-order chi connectivity index (χ0) is 18.9. The Hall–Kier alpha value is -3.06. The third-order valence-corrected chi connectivity index (χ3v) is 5.91. The standard InChI is InChI=1S/C21H20N6S/c1-15-25-17(14-28-15)12-26-10-9-22-20(26)19-13-27(21-23-7-4-8-24-21)11-16-5-2-3-6-18(16)19/h2-10,14,19H,11-13H2,1H3/t19-/m0/s1. The lowest BCUT2D eigenvalue weighted by atomic mass is 9.89. The maximum atomic E-state index is 4.74. The predicted molar refractivity (Wildman–Crippen MR) is 110 cm³/mol. The van der Waals surface area contributed by atoms with Crippen molar-refractivity contribution in [1.82, 2.24) is 24.5 Å². The van der Waals surface area contributed by atoms with Gasteiger partial charge in [-0.3, -0.25) is 0 Å². The van der Waals surface area contributed by atoms with E-state index in [0.717, 1.165) is 42.1 Å². The Kier molecular flexibility index (Phi) is 4.37. The molecule has 28 heavy (non-hydrogen) atoms. The van der Waals surface area contributed by atoms with E-state index in [2.05, 4.69) is 54.1 Å². The number of benzene rings is 1. The molecule has 4 heterocycles. The van der Waals surface area contributed by atoms with Gasteiger partial charge in [0.05, 0.1) is 23.2 Å². The minimum Gasteiger partial charge on any atom is -0.335 e. The van der Waals surface area contributed by atoms with E-state index >= 15 is 0 Å². The summed E-state index contributed by atoms with van der Waals surface area (Å²) in [7, 11) is 0. The Morgan fingerprint density at radius 1 is 1.07 bits per heavy atom. The molecule has 1 aliphatic heterocycles. The highest BCUT2D eigenvalue weighted by molar-refractivity contribution is 7.09. The van der Waals surface area contributed by atoms with E-state index in [4.69, 9.17) is 4.98 Å². The first-order chi connectivity index (χ1) is 13.8. The molecule has 0 N–H and O–H groups in total. The molecule has 0 unspecified atom stereocenters. The zero-order valence-corrected chi connectivity index (χ0v) is 16.4. The molecular weight excluding hydrogens is 368 g/mol. The average molecular weight is 389 g/mol. The number of anilines is 1. The molecule has 1 aromatic carbocycles. The van der Waals surface area contributed by atoms with Gasteiger partial charge in [-0.1, -0.05) is 24.3 Å². The number of thiazole rings is 1. The van der Waals surface area contributed by atoms with Crippen LogP contribution in [0, 0.1) is 6.92 Å². The molecule has 0 saturated heterocycles. The van der Waals surface area contributed by atoms with Crippen LogP contribution in [-0.4, -0.2) is 31.0 Å². The van der Waals surface area contributed by atoms with Crippen LogP contribution < -0.4 is 4.90 Å². The van der Waals surface area contributed by atoms with Gasteiger partial charge in [-0.25, -0.2) is 19.9 Å². The van der Waals surface area contributed by atoms with Gasteiger partial charge in [0, 0.05) is 43.3 Å². The Bertz CT molecular complexity index is 1090. The van der Waals surface area contributed by atoms with E-state index in [1.807, 2.05) is 25.4 Å². The highest BCUT2D eigenvalue weighted by atomic mass is 32.1. The van der Waals surface area contributed by atoms with Crippen molar-refractivity contribution in [3.63, 3.8) is 0 Å². The Balaban J connectivity index is 1.53. The molecule has 0 bridgehead atoms. The van der Waals surface area contributed by atoms with Gasteiger partial charge in [-0.05, 0) is 24.1 Å². The van der Waals surface area contributed by atoms with Crippen LogP contribution in [0.15, 0.2) is 60.5 Å². The normalized spacial score (nSPS) is 16.2. The third kappa shape index (κ3) is 3.18. The van der Waals surface area contributed by atoms with Crippen molar-refractivity contribution in [3.05, 3.63) is 88.2 Å². The molecule has 1 atom stereocenters. The van der Waals surface area contributed by atoms with E-state index < -0.39 is 0 Å². The highest BCUT2D eigenvalue weighted by Crippen LogP contribution is 2.34. The number of hydrogen-bond donors (Lipinski definition) is 0. The van der Waals surface area contributed by atoms with Gasteiger partial charge in [0.2, 0.25) is 5.95 Å². The van der Waals surface area contributed by atoms with Gasteiger partial charge in [-0.2, -0.15) is 0 Å². The Morgan fingerprint density at radius 2 is 1.93 bits per heavy atom. The highest BCUT2D eigenvalue weighted by Gasteiger charge is 2.30. The molecule has 0 radical (unpaired) electrons. The van der Waals surface area contributed by atoms with Crippen LogP contribution in [0.5, 0.6) is 0 Å². The van der Waals surface area contributed by atoms with Crippen molar-refractivity contribution >= 4 is 17.3 Å². The van der Waals surface area contributed by atoms with E-state index in [0.29, 0.717) is 0 Å². The minimum atomic E-state index is 0.156. The molecule has 0 fully saturated rings. The molecule has 0 spiro atoms. The Morgan fingerprint density at radius 3 is 2.75 bits per heavy atom. The smallest absolute Gasteiger partial charge is 0.225 e. The summed E-state index contributed by atoms with van der Waals surface area (Å²) in [5, 5.41) is 3.21. The fraction of sp³-hybridized carbons (Fsp3) is 0.238. The van der Waals surface area contributed by atoms with Crippen molar-refractivity contribution in [3.8, 4) is 0 Å².